The van der Waals surface area contributed by atoms with Gasteiger partial charge in [0, 0.05) is 13.0 Å². The van der Waals surface area contributed by atoms with Gasteiger partial charge < -0.3 is 24.7 Å². The third-order valence-electron chi connectivity index (χ3n) is 3.75. The van der Waals surface area contributed by atoms with E-state index in [1.807, 2.05) is 13.8 Å². The van der Waals surface area contributed by atoms with Crippen molar-refractivity contribution in [2.24, 2.45) is 11.8 Å². The summed E-state index contributed by atoms with van der Waals surface area (Å²) in [6, 6.07) is 5.97. The summed E-state index contributed by atoms with van der Waals surface area (Å²) in [5.41, 5.74) is 0.278. The van der Waals surface area contributed by atoms with Gasteiger partial charge >= 0.3 is 18.0 Å². The zero-order chi connectivity index (χ0) is 21.8. The van der Waals surface area contributed by atoms with E-state index in [0.717, 1.165) is 0 Å². The second kappa shape index (κ2) is 12.2. The number of esters is 1. The van der Waals surface area contributed by atoms with E-state index < -0.39 is 36.5 Å². The van der Waals surface area contributed by atoms with Gasteiger partial charge in [0.1, 0.15) is 6.61 Å². The van der Waals surface area contributed by atoms with Gasteiger partial charge in [-0.2, -0.15) is 0 Å². The number of rotatable bonds is 12. The molecule has 1 rings (SSSR count). The summed E-state index contributed by atoms with van der Waals surface area (Å²) in [7, 11) is 0. The Labute approximate surface area is 167 Å². The van der Waals surface area contributed by atoms with Crippen LogP contribution in [0.4, 0.5) is 4.79 Å². The van der Waals surface area contributed by atoms with Crippen molar-refractivity contribution >= 4 is 18.0 Å². The molecule has 0 saturated carbocycles. The predicted molar refractivity (Wildman–Crippen MR) is 98.2 cm³/mol. The minimum absolute atomic E-state index is 0.0387. The molecule has 11 nitrogen and oxygen atoms in total. The number of nitrogens with zero attached hydrogens (tertiary/aromatic N) is 1. The molecule has 0 saturated heterocycles. The van der Waals surface area contributed by atoms with Gasteiger partial charge in [0.15, 0.2) is 0 Å². The summed E-state index contributed by atoms with van der Waals surface area (Å²) in [6.07, 6.45) is -0.331. The second-order valence-corrected chi connectivity index (χ2v) is 6.61. The van der Waals surface area contributed by atoms with Gasteiger partial charge in [-0.05, 0) is 29.9 Å². The number of benzene rings is 1. The molecular weight excluding hydrogens is 388 g/mol. The highest BCUT2D eigenvalue weighted by molar-refractivity contribution is 5.91. The standard InChI is InChI=1S/C18H24N2O9/c1-12(2)7-13(8-16(21)22)9-19-18(24)28-11-27-17(23)15-6-4-3-5-14(15)10-29-20(25)26/h3-6,12-13H,7-11H2,1-2H3,(H,19,24)(H,21,22). The second-order valence-electron chi connectivity index (χ2n) is 6.61. The molecule has 0 aliphatic carbocycles. The van der Waals surface area contributed by atoms with Gasteiger partial charge in [0.05, 0.1) is 5.56 Å². The van der Waals surface area contributed by atoms with Crippen molar-refractivity contribution < 1.29 is 38.9 Å². The molecule has 1 amide bonds. The number of carboxylic acids is 1. The molecular formula is C18H24N2O9. The summed E-state index contributed by atoms with van der Waals surface area (Å²) < 4.78 is 9.59. The molecule has 11 heteroatoms. The third kappa shape index (κ3) is 9.94. The quantitative estimate of drug-likeness (QED) is 0.228. The van der Waals surface area contributed by atoms with Crippen molar-refractivity contribution in [2.75, 3.05) is 13.3 Å². The highest BCUT2D eigenvalue weighted by Gasteiger charge is 2.17. The fourth-order valence-electron chi connectivity index (χ4n) is 2.61. The molecule has 0 spiro atoms. The highest BCUT2D eigenvalue weighted by atomic mass is 16.9. The van der Waals surface area contributed by atoms with E-state index in [0.29, 0.717) is 6.42 Å². The number of carboxylic acid groups (broad SMARTS) is 1. The van der Waals surface area contributed by atoms with Crippen LogP contribution in [0.5, 0.6) is 0 Å². The maximum atomic E-state index is 12.1. The Morgan fingerprint density at radius 1 is 1.21 bits per heavy atom. The van der Waals surface area contributed by atoms with Gasteiger partial charge in [-0.1, -0.05) is 32.0 Å². The average molecular weight is 412 g/mol. The van der Waals surface area contributed by atoms with Crippen LogP contribution in [0.3, 0.4) is 0 Å². The van der Waals surface area contributed by atoms with E-state index in [4.69, 9.17) is 14.6 Å². The molecule has 160 valence electrons. The molecule has 0 fully saturated rings. The van der Waals surface area contributed by atoms with E-state index in [-0.39, 0.29) is 35.9 Å². The van der Waals surface area contributed by atoms with Crippen LogP contribution in [0, 0.1) is 22.0 Å². The lowest BCUT2D eigenvalue weighted by Gasteiger charge is -2.17. The van der Waals surface area contributed by atoms with Crippen LogP contribution in [-0.4, -0.2) is 41.6 Å². The first kappa shape index (κ1) is 23.7. The Morgan fingerprint density at radius 2 is 1.90 bits per heavy atom. The van der Waals surface area contributed by atoms with Crippen LogP contribution in [0.1, 0.15) is 42.6 Å². The molecule has 0 aliphatic heterocycles. The van der Waals surface area contributed by atoms with Crippen LogP contribution >= 0.6 is 0 Å². The fourth-order valence-corrected chi connectivity index (χ4v) is 2.61. The number of ether oxygens (including phenoxy) is 2. The molecule has 0 heterocycles. The number of nitrogens with one attached hydrogen (secondary N) is 1. The highest BCUT2D eigenvalue weighted by Crippen LogP contribution is 2.15. The number of hydrogen-bond donors (Lipinski definition) is 2. The lowest BCUT2D eigenvalue weighted by Crippen LogP contribution is -2.32. The summed E-state index contributed by atoms with van der Waals surface area (Å²) in [4.78, 5) is 49.2. The molecule has 2 N–H and O–H groups in total. The lowest BCUT2D eigenvalue weighted by atomic mass is 9.94. The number of amides is 1. The van der Waals surface area contributed by atoms with Crippen molar-refractivity contribution in [3.8, 4) is 0 Å². The van der Waals surface area contributed by atoms with E-state index in [2.05, 4.69) is 10.2 Å². The predicted octanol–water partition coefficient (Wildman–Crippen LogP) is 2.37. The minimum atomic E-state index is -0.980. The normalized spacial score (nSPS) is 11.4. The van der Waals surface area contributed by atoms with Crippen LogP contribution in [0.25, 0.3) is 0 Å². The first-order valence-electron chi connectivity index (χ1n) is 8.83. The fraction of sp³-hybridized carbons (Fsp3) is 0.500. The van der Waals surface area contributed by atoms with Gasteiger partial charge in [0.2, 0.25) is 6.79 Å². The van der Waals surface area contributed by atoms with Gasteiger partial charge in [-0.25, -0.2) is 9.59 Å². The van der Waals surface area contributed by atoms with E-state index in [1.54, 1.807) is 6.07 Å². The average Bonchev–Trinajstić information content (AvgIpc) is 2.63. The van der Waals surface area contributed by atoms with Crippen LogP contribution < -0.4 is 5.32 Å². The summed E-state index contributed by atoms with van der Waals surface area (Å²) in [5, 5.41) is 20.7. The van der Waals surface area contributed by atoms with Crippen LogP contribution in [-0.2, 0) is 25.7 Å². The zero-order valence-corrected chi connectivity index (χ0v) is 16.2. The van der Waals surface area contributed by atoms with Gasteiger partial charge in [-0.3, -0.25) is 4.79 Å². The van der Waals surface area contributed by atoms with E-state index in [1.165, 1.54) is 18.2 Å². The number of aliphatic carboxylic acids is 1. The summed E-state index contributed by atoms with van der Waals surface area (Å²) >= 11 is 0. The molecule has 0 radical (unpaired) electrons. The zero-order valence-electron chi connectivity index (χ0n) is 16.2. The molecule has 0 aromatic heterocycles. The first-order valence-corrected chi connectivity index (χ1v) is 8.83. The Hall–Kier alpha value is -3.37. The molecule has 1 atom stereocenters. The number of alkyl carbamates (subject to hydrolysis) is 1. The van der Waals surface area contributed by atoms with E-state index in [9.17, 15) is 24.5 Å². The number of carbonyl (C=O) groups excluding carboxylic acids is 2. The Balaban J connectivity index is 2.46. The monoisotopic (exact) mass is 412 g/mol. The largest absolute Gasteiger partial charge is 0.481 e. The van der Waals surface area contributed by atoms with Crippen molar-refractivity contribution in [3.63, 3.8) is 0 Å². The Kier molecular flexibility index (Phi) is 9.92. The number of carbonyl (C=O) groups is 3. The molecule has 0 aliphatic rings. The van der Waals surface area contributed by atoms with Crippen molar-refractivity contribution in [2.45, 2.75) is 33.3 Å². The van der Waals surface area contributed by atoms with E-state index >= 15 is 0 Å². The lowest BCUT2D eigenvalue weighted by molar-refractivity contribution is -0.763. The SMILES string of the molecule is CC(C)CC(CNC(=O)OCOC(=O)c1ccccc1CO[N+](=O)[O-])CC(=O)O. The molecule has 1 aromatic rings. The molecule has 0 bridgehead atoms. The van der Waals surface area contributed by atoms with Crippen LogP contribution in [0.2, 0.25) is 0 Å². The Bertz CT molecular complexity index is 721. The van der Waals surface area contributed by atoms with Crippen LogP contribution in [0.15, 0.2) is 24.3 Å². The molecule has 1 aromatic carbocycles. The maximum absolute atomic E-state index is 12.1. The van der Waals surface area contributed by atoms with Crippen molar-refractivity contribution in [1.82, 2.24) is 5.32 Å². The maximum Gasteiger partial charge on any atom is 0.410 e. The topological polar surface area (TPSA) is 154 Å². The summed E-state index contributed by atoms with van der Waals surface area (Å²) in [6.45, 7) is 2.89. The third-order valence-corrected chi connectivity index (χ3v) is 3.75. The van der Waals surface area contributed by atoms with Crippen molar-refractivity contribution in [3.05, 3.63) is 45.5 Å². The first-order chi connectivity index (χ1) is 13.7. The van der Waals surface area contributed by atoms with Gasteiger partial charge in [-0.15, -0.1) is 10.1 Å². The summed E-state index contributed by atoms with van der Waals surface area (Å²) in [5.74, 6) is -1.79. The Morgan fingerprint density at radius 3 is 2.52 bits per heavy atom. The molecule has 29 heavy (non-hydrogen) atoms. The minimum Gasteiger partial charge on any atom is -0.481 e. The smallest absolute Gasteiger partial charge is 0.410 e. The number of hydrogen-bond acceptors (Lipinski definition) is 8. The van der Waals surface area contributed by atoms with Crippen molar-refractivity contribution in [1.29, 1.82) is 0 Å². The molecule has 1 unspecified atom stereocenters. The van der Waals surface area contributed by atoms with Gasteiger partial charge in [0.25, 0.3) is 5.09 Å².